The van der Waals surface area contributed by atoms with Gasteiger partial charge in [0.05, 0.1) is 12.1 Å². The number of aliphatic hydroxyl groups excluding tert-OH is 1. The van der Waals surface area contributed by atoms with E-state index in [0.29, 0.717) is 0 Å². The van der Waals surface area contributed by atoms with E-state index in [-0.39, 0.29) is 5.41 Å². The van der Waals surface area contributed by atoms with Gasteiger partial charge in [-0.2, -0.15) is 0 Å². The Morgan fingerprint density at radius 2 is 1.59 bits per heavy atom. The van der Waals surface area contributed by atoms with Gasteiger partial charge in [-0.15, -0.1) is 0 Å². The Bertz CT molecular complexity index is 495. The molecular weight excluding hydrogens is 278 g/mol. The SMILES string of the molecule is C[C@H](NC(=O)OC(C)(C)C)[C@H](O)c1ccc(C(C)(C)C)cc1. The molecule has 4 nitrogen and oxygen atoms in total. The molecule has 0 saturated heterocycles. The van der Waals surface area contributed by atoms with Gasteiger partial charge in [0.1, 0.15) is 5.60 Å². The maximum atomic E-state index is 11.7. The molecule has 4 heteroatoms. The summed E-state index contributed by atoms with van der Waals surface area (Å²) in [6, 6.07) is 7.39. The van der Waals surface area contributed by atoms with Gasteiger partial charge in [-0.25, -0.2) is 4.79 Å². The number of rotatable bonds is 3. The highest BCUT2D eigenvalue weighted by atomic mass is 16.6. The fourth-order valence-electron chi connectivity index (χ4n) is 2.04. The van der Waals surface area contributed by atoms with Crippen molar-refractivity contribution in [2.45, 2.75) is 71.6 Å². The fourth-order valence-corrected chi connectivity index (χ4v) is 2.04. The van der Waals surface area contributed by atoms with E-state index >= 15 is 0 Å². The van der Waals surface area contributed by atoms with Crippen LogP contribution in [0, 0.1) is 0 Å². The van der Waals surface area contributed by atoms with Gasteiger partial charge in [0.25, 0.3) is 0 Å². The molecule has 0 aliphatic rings. The van der Waals surface area contributed by atoms with Crippen LogP contribution in [0.15, 0.2) is 24.3 Å². The number of amides is 1. The first-order valence-electron chi connectivity index (χ1n) is 7.68. The van der Waals surface area contributed by atoms with Crippen molar-refractivity contribution in [3.05, 3.63) is 35.4 Å². The molecule has 0 aliphatic carbocycles. The van der Waals surface area contributed by atoms with Gasteiger partial charge < -0.3 is 15.2 Å². The van der Waals surface area contributed by atoms with E-state index in [0.717, 1.165) is 5.56 Å². The Labute approximate surface area is 133 Å². The van der Waals surface area contributed by atoms with E-state index in [1.165, 1.54) is 5.56 Å². The molecule has 0 heterocycles. The molecule has 0 aromatic heterocycles. The Hall–Kier alpha value is -1.55. The van der Waals surface area contributed by atoms with Crippen molar-refractivity contribution in [2.75, 3.05) is 0 Å². The van der Waals surface area contributed by atoms with Crippen LogP contribution < -0.4 is 5.32 Å². The highest BCUT2D eigenvalue weighted by Gasteiger charge is 2.23. The van der Waals surface area contributed by atoms with E-state index in [1.54, 1.807) is 27.7 Å². The molecule has 0 saturated carbocycles. The first kappa shape index (κ1) is 18.5. The summed E-state index contributed by atoms with van der Waals surface area (Å²) in [7, 11) is 0. The number of carbonyl (C=O) groups excluding carboxylic acids is 1. The number of aliphatic hydroxyl groups is 1. The maximum Gasteiger partial charge on any atom is 0.407 e. The Balaban J connectivity index is 2.71. The van der Waals surface area contributed by atoms with Gasteiger partial charge in [-0.3, -0.25) is 0 Å². The lowest BCUT2D eigenvalue weighted by Gasteiger charge is -2.25. The Morgan fingerprint density at radius 3 is 2.00 bits per heavy atom. The summed E-state index contributed by atoms with van der Waals surface area (Å²) >= 11 is 0. The zero-order valence-corrected chi connectivity index (χ0v) is 14.7. The van der Waals surface area contributed by atoms with Gasteiger partial charge in [0.2, 0.25) is 0 Å². The van der Waals surface area contributed by atoms with Crippen molar-refractivity contribution >= 4 is 6.09 Å². The van der Waals surface area contributed by atoms with E-state index in [4.69, 9.17) is 4.74 Å². The molecule has 0 bridgehead atoms. The minimum Gasteiger partial charge on any atom is -0.444 e. The average Bonchev–Trinajstić information content (AvgIpc) is 2.34. The number of alkyl carbamates (subject to hydrolysis) is 1. The van der Waals surface area contributed by atoms with E-state index < -0.39 is 23.8 Å². The fraction of sp³-hybridized carbons (Fsp3) is 0.611. The lowest BCUT2D eigenvalue weighted by Crippen LogP contribution is -2.40. The van der Waals surface area contributed by atoms with Crippen molar-refractivity contribution in [2.24, 2.45) is 0 Å². The van der Waals surface area contributed by atoms with E-state index in [1.807, 2.05) is 24.3 Å². The first-order chi connectivity index (χ1) is 9.90. The van der Waals surface area contributed by atoms with Crippen LogP contribution in [0.25, 0.3) is 0 Å². The van der Waals surface area contributed by atoms with Crippen molar-refractivity contribution in [3.63, 3.8) is 0 Å². The van der Waals surface area contributed by atoms with E-state index in [9.17, 15) is 9.90 Å². The highest BCUT2D eigenvalue weighted by Crippen LogP contribution is 2.25. The standard InChI is InChI=1S/C18H29NO3/c1-12(19-16(21)22-18(5,6)7)15(20)13-8-10-14(11-9-13)17(2,3)4/h8-12,15,20H,1-7H3,(H,19,21)/t12-,15-/m0/s1. The Morgan fingerprint density at radius 1 is 1.09 bits per heavy atom. The molecule has 1 amide bonds. The normalized spacial score (nSPS) is 15.1. The molecule has 0 aliphatic heterocycles. The van der Waals surface area contributed by atoms with Gasteiger partial charge in [0.15, 0.2) is 0 Å². The third kappa shape index (κ3) is 5.68. The van der Waals surface area contributed by atoms with Gasteiger partial charge >= 0.3 is 6.09 Å². The van der Waals surface area contributed by atoms with Crippen LogP contribution in [0.4, 0.5) is 4.79 Å². The van der Waals surface area contributed by atoms with Crippen molar-refractivity contribution in [1.82, 2.24) is 5.32 Å². The zero-order valence-electron chi connectivity index (χ0n) is 14.7. The van der Waals surface area contributed by atoms with Crippen molar-refractivity contribution in [1.29, 1.82) is 0 Å². The van der Waals surface area contributed by atoms with E-state index in [2.05, 4.69) is 26.1 Å². The third-order valence-corrected chi connectivity index (χ3v) is 3.34. The van der Waals surface area contributed by atoms with Crippen LogP contribution in [0.1, 0.15) is 65.7 Å². The van der Waals surface area contributed by atoms with Crippen molar-refractivity contribution in [3.8, 4) is 0 Å². The number of ether oxygens (including phenoxy) is 1. The second kappa shape index (κ2) is 6.69. The monoisotopic (exact) mass is 307 g/mol. The smallest absolute Gasteiger partial charge is 0.407 e. The largest absolute Gasteiger partial charge is 0.444 e. The van der Waals surface area contributed by atoms with Gasteiger partial charge in [-0.05, 0) is 44.2 Å². The molecule has 2 atom stereocenters. The summed E-state index contributed by atoms with van der Waals surface area (Å²) in [5.74, 6) is 0. The maximum absolute atomic E-state index is 11.7. The van der Waals surface area contributed by atoms with Crippen LogP contribution in [0.3, 0.4) is 0 Å². The number of carbonyl (C=O) groups is 1. The molecule has 1 aromatic carbocycles. The van der Waals surface area contributed by atoms with Crippen LogP contribution in [-0.2, 0) is 10.2 Å². The summed E-state index contributed by atoms with van der Waals surface area (Å²) in [5, 5.41) is 13.0. The minimum absolute atomic E-state index is 0.0733. The predicted octanol–water partition coefficient (Wildman–Crippen LogP) is 3.93. The predicted molar refractivity (Wildman–Crippen MR) is 88.9 cm³/mol. The van der Waals surface area contributed by atoms with Crippen LogP contribution in [0.5, 0.6) is 0 Å². The number of hydrogen-bond acceptors (Lipinski definition) is 3. The molecule has 22 heavy (non-hydrogen) atoms. The summed E-state index contributed by atoms with van der Waals surface area (Å²) in [6.07, 6.45) is -1.30. The van der Waals surface area contributed by atoms with Gasteiger partial charge in [0, 0.05) is 0 Å². The Kier molecular flexibility index (Phi) is 5.63. The topological polar surface area (TPSA) is 58.6 Å². The molecule has 1 aromatic rings. The van der Waals surface area contributed by atoms with Crippen LogP contribution in [-0.4, -0.2) is 22.8 Å². The van der Waals surface area contributed by atoms with Crippen molar-refractivity contribution < 1.29 is 14.6 Å². The number of hydrogen-bond donors (Lipinski definition) is 2. The molecule has 2 N–H and O–H groups in total. The lowest BCUT2D eigenvalue weighted by atomic mass is 9.86. The summed E-state index contributed by atoms with van der Waals surface area (Å²) in [6.45, 7) is 13.6. The summed E-state index contributed by atoms with van der Waals surface area (Å²) < 4.78 is 5.20. The summed E-state index contributed by atoms with van der Waals surface area (Å²) in [4.78, 5) is 11.7. The average molecular weight is 307 g/mol. The molecule has 1 rings (SSSR count). The minimum atomic E-state index is -0.776. The van der Waals surface area contributed by atoms with Crippen LogP contribution >= 0.6 is 0 Å². The first-order valence-corrected chi connectivity index (χ1v) is 7.68. The molecule has 0 fully saturated rings. The van der Waals surface area contributed by atoms with Crippen LogP contribution in [0.2, 0.25) is 0 Å². The molecule has 0 spiro atoms. The second-order valence-electron chi connectivity index (χ2n) is 7.75. The molecule has 124 valence electrons. The molecule has 0 radical (unpaired) electrons. The third-order valence-electron chi connectivity index (χ3n) is 3.34. The zero-order chi connectivity index (χ0) is 17.1. The lowest BCUT2D eigenvalue weighted by molar-refractivity contribution is 0.0436. The summed E-state index contributed by atoms with van der Waals surface area (Å²) in [5.41, 5.74) is 1.50. The number of benzene rings is 1. The van der Waals surface area contributed by atoms with Gasteiger partial charge in [-0.1, -0.05) is 45.0 Å². The molecular formula is C18H29NO3. The number of nitrogens with one attached hydrogen (secondary N) is 1. The second-order valence-corrected chi connectivity index (χ2v) is 7.75. The molecule has 0 unspecified atom stereocenters. The highest BCUT2D eigenvalue weighted by molar-refractivity contribution is 5.68. The quantitative estimate of drug-likeness (QED) is 0.889.